The zero-order valence-electron chi connectivity index (χ0n) is 9.05. The van der Waals surface area contributed by atoms with E-state index in [0.29, 0.717) is 24.7 Å². The van der Waals surface area contributed by atoms with E-state index in [0.717, 1.165) is 10.9 Å². The highest BCUT2D eigenvalue weighted by Gasteiger charge is 2.07. The number of nitrogens with two attached hydrogens (primary N) is 1. The summed E-state index contributed by atoms with van der Waals surface area (Å²) in [5.41, 5.74) is 7.74. The minimum atomic E-state index is 0.505. The van der Waals surface area contributed by atoms with E-state index in [-0.39, 0.29) is 0 Å². The van der Waals surface area contributed by atoms with Crippen LogP contribution < -0.4 is 10.5 Å². The molecule has 2 N–H and O–H groups in total. The Morgan fingerprint density at radius 2 is 2.07 bits per heavy atom. The summed E-state index contributed by atoms with van der Waals surface area (Å²) in [7, 11) is 1.64. The standard InChI is InChI=1S/C11H16BrNO2/c1-3-8-6-9(12)11(10(13)7-8)15-5-4-14-2/h6-7H,3-5,13H2,1-2H3. The molecule has 0 amide bonds. The SMILES string of the molecule is CCc1cc(N)c(OCCOC)c(Br)c1. The summed E-state index contributed by atoms with van der Waals surface area (Å²) < 4.78 is 11.3. The van der Waals surface area contributed by atoms with Crippen LogP contribution in [0.4, 0.5) is 5.69 Å². The molecule has 15 heavy (non-hydrogen) atoms. The number of anilines is 1. The average Bonchev–Trinajstić information content (AvgIpc) is 2.22. The first kappa shape index (κ1) is 12.3. The maximum absolute atomic E-state index is 5.88. The van der Waals surface area contributed by atoms with Crippen molar-refractivity contribution in [2.75, 3.05) is 26.1 Å². The van der Waals surface area contributed by atoms with Crippen LogP contribution in [-0.2, 0) is 11.2 Å². The van der Waals surface area contributed by atoms with Gasteiger partial charge in [-0.3, -0.25) is 0 Å². The van der Waals surface area contributed by atoms with E-state index >= 15 is 0 Å². The lowest BCUT2D eigenvalue weighted by Crippen LogP contribution is -2.06. The summed E-state index contributed by atoms with van der Waals surface area (Å²) in [5.74, 6) is 0.698. The zero-order valence-corrected chi connectivity index (χ0v) is 10.6. The topological polar surface area (TPSA) is 44.5 Å². The number of methoxy groups -OCH3 is 1. The first-order valence-electron chi connectivity index (χ1n) is 4.88. The molecule has 0 unspecified atom stereocenters. The van der Waals surface area contributed by atoms with Crippen molar-refractivity contribution in [3.63, 3.8) is 0 Å². The third-order valence-electron chi connectivity index (χ3n) is 2.07. The van der Waals surface area contributed by atoms with Crippen molar-refractivity contribution in [3.8, 4) is 5.75 Å². The smallest absolute Gasteiger partial charge is 0.156 e. The highest BCUT2D eigenvalue weighted by molar-refractivity contribution is 9.10. The van der Waals surface area contributed by atoms with E-state index in [4.69, 9.17) is 15.2 Å². The number of benzene rings is 1. The third-order valence-corrected chi connectivity index (χ3v) is 2.66. The number of ether oxygens (including phenoxy) is 2. The Balaban J connectivity index is 2.79. The van der Waals surface area contributed by atoms with E-state index in [1.165, 1.54) is 5.56 Å². The molecular weight excluding hydrogens is 258 g/mol. The van der Waals surface area contributed by atoms with Crippen LogP contribution in [-0.4, -0.2) is 20.3 Å². The van der Waals surface area contributed by atoms with Crippen LogP contribution in [0.15, 0.2) is 16.6 Å². The van der Waals surface area contributed by atoms with Crippen LogP contribution in [0, 0.1) is 0 Å². The fraction of sp³-hybridized carbons (Fsp3) is 0.455. The summed E-state index contributed by atoms with van der Waals surface area (Å²) in [6.45, 7) is 3.15. The number of nitrogen functional groups attached to an aromatic ring is 1. The molecule has 0 atom stereocenters. The third kappa shape index (κ3) is 3.39. The highest BCUT2D eigenvalue weighted by Crippen LogP contribution is 2.32. The van der Waals surface area contributed by atoms with Gasteiger partial charge in [-0.05, 0) is 40.0 Å². The van der Waals surface area contributed by atoms with E-state index in [9.17, 15) is 0 Å². The van der Waals surface area contributed by atoms with Gasteiger partial charge in [0.2, 0.25) is 0 Å². The maximum Gasteiger partial charge on any atom is 0.156 e. The predicted octanol–water partition coefficient (Wildman–Crippen LogP) is 2.62. The zero-order chi connectivity index (χ0) is 11.3. The second-order valence-corrected chi connectivity index (χ2v) is 4.05. The summed E-state index contributed by atoms with van der Waals surface area (Å²) >= 11 is 3.45. The second-order valence-electron chi connectivity index (χ2n) is 3.19. The molecule has 0 aliphatic heterocycles. The van der Waals surface area contributed by atoms with E-state index in [1.807, 2.05) is 12.1 Å². The van der Waals surface area contributed by atoms with Gasteiger partial charge in [-0.2, -0.15) is 0 Å². The Morgan fingerprint density at radius 1 is 1.33 bits per heavy atom. The summed E-state index contributed by atoms with van der Waals surface area (Å²) in [6, 6.07) is 3.96. The molecule has 0 aromatic heterocycles. The molecule has 0 saturated carbocycles. The van der Waals surface area contributed by atoms with E-state index < -0.39 is 0 Å². The first-order chi connectivity index (χ1) is 7.19. The molecule has 1 aromatic carbocycles. The number of halogens is 1. The molecule has 1 aromatic rings. The Labute approximate surface area is 98.7 Å². The molecule has 0 fully saturated rings. The average molecular weight is 274 g/mol. The minimum absolute atomic E-state index is 0.505. The molecule has 0 aliphatic rings. The van der Waals surface area contributed by atoms with Crippen LogP contribution in [0.3, 0.4) is 0 Å². The van der Waals surface area contributed by atoms with Crippen LogP contribution >= 0.6 is 15.9 Å². The Bertz CT molecular complexity index is 305. The number of hydrogen-bond donors (Lipinski definition) is 1. The molecule has 84 valence electrons. The Hall–Kier alpha value is -0.740. The molecule has 0 heterocycles. The molecule has 4 heteroatoms. The second kappa shape index (κ2) is 5.98. The van der Waals surface area contributed by atoms with Crippen molar-refractivity contribution in [2.24, 2.45) is 0 Å². The van der Waals surface area contributed by atoms with Gasteiger partial charge < -0.3 is 15.2 Å². The largest absolute Gasteiger partial charge is 0.488 e. The Morgan fingerprint density at radius 3 is 2.60 bits per heavy atom. The first-order valence-corrected chi connectivity index (χ1v) is 5.68. The monoisotopic (exact) mass is 273 g/mol. The van der Waals surface area contributed by atoms with Gasteiger partial charge in [0, 0.05) is 7.11 Å². The normalized spacial score (nSPS) is 10.3. The summed E-state index contributed by atoms with van der Waals surface area (Å²) in [4.78, 5) is 0. The lowest BCUT2D eigenvalue weighted by atomic mass is 10.1. The molecule has 1 rings (SSSR count). The predicted molar refractivity (Wildman–Crippen MR) is 65.3 cm³/mol. The van der Waals surface area contributed by atoms with E-state index in [2.05, 4.69) is 22.9 Å². The molecule has 0 radical (unpaired) electrons. The van der Waals surface area contributed by atoms with Gasteiger partial charge in [-0.25, -0.2) is 0 Å². The fourth-order valence-corrected chi connectivity index (χ4v) is 1.89. The summed E-state index contributed by atoms with van der Waals surface area (Å²) in [5, 5.41) is 0. The van der Waals surface area contributed by atoms with Crippen LogP contribution in [0.2, 0.25) is 0 Å². The van der Waals surface area contributed by atoms with Crippen molar-refractivity contribution in [1.82, 2.24) is 0 Å². The number of rotatable bonds is 5. The summed E-state index contributed by atoms with van der Waals surface area (Å²) in [6.07, 6.45) is 0.959. The van der Waals surface area contributed by atoms with Crippen molar-refractivity contribution in [3.05, 3.63) is 22.2 Å². The molecule has 0 bridgehead atoms. The molecule has 0 saturated heterocycles. The van der Waals surface area contributed by atoms with Crippen LogP contribution in [0.5, 0.6) is 5.75 Å². The van der Waals surface area contributed by atoms with E-state index in [1.54, 1.807) is 7.11 Å². The Kier molecular flexibility index (Phi) is 4.91. The van der Waals surface area contributed by atoms with Crippen LogP contribution in [0.1, 0.15) is 12.5 Å². The minimum Gasteiger partial charge on any atom is -0.488 e. The molecule has 3 nitrogen and oxygen atoms in total. The van der Waals surface area contributed by atoms with Gasteiger partial charge in [0.25, 0.3) is 0 Å². The molecule has 0 spiro atoms. The van der Waals surface area contributed by atoms with Crippen LogP contribution in [0.25, 0.3) is 0 Å². The van der Waals surface area contributed by atoms with Crippen molar-refractivity contribution in [1.29, 1.82) is 0 Å². The van der Waals surface area contributed by atoms with Crippen molar-refractivity contribution in [2.45, 2.75) is 13.3 Å². The lowest BCUT2D eigenvalue weighted by Gasteiger charge is -2.11. The molecular formula is C11H16BrNO2. The highest BCUT2D eigenvalue weighted by atomic mass is 79.9. The van der Waals surface area contributed by atoms with Gasteiger partial charge >= 0.3 is 0 Å². The quantitative estimate of drug-likeness (QED) is 0.663. The molecule has 0 aliphatic carbocycles. The maximum atomic E-state index is 5.88. The van der Waals surface area contributed by atoms with Gasteiger partial charge in [0.15, 0.2) is 5.75 Å². The number of aryl methyl sites for hydroxylation is 1. The van der Waals surface area contributed by atoms with Gasteiger partial charge in [-0.15, -0.1) is 0 Å². The van der Waals surface area contributed by atoms with Crippen molar-refractivity contribution < 1.29 is 9.47 Å². The van der Waals surface area contributed by atoms with Gasteiger partial charge in [0.05, 0.1) is 16.8 Å². The fourth-order valence-electron chi connectivity index (χ4n) is 1.26. The van der Waals surface area contributed by atoms with Crippen molar-refractivity contribution >= 4 is 21.6 Å². The van der Waals surface area contributed by atoms with Gasteiger partial charge in [0.1, 0.15) is 6.61 Å². The van der Waals surface area contributed by atoms with Gasteiger partial charge in [-0.1, -0.05) is 6.92 Å². The lowest BCUT2D eigenvalue weighted by molar-refractivity contribution is 0.146. The number of hydrogen-bond acceptors (Lipinski definition) is 3.